The van der Waals surface area contributed by atoms with Gasteiger partial charge < -0.3 is 14.2 Å². The van der Waals surface area contributed by atoms with Crippen molar-refractivity contribution in [1.82, 2.24) is 4.72 Å². The lowest BCUT2D eigenvalue weighted by molar-refractivity contribution is 0.391. The first-order valence-corrected chi connectivity index (χ1v) is 8.78. The predicted octanol–water partition coefficient (Wildman–Crippen LogP) is 2.75. The van der Waals surface area contributed by atoms with Gasteiger partial charge in [0.05, 0.1) is 21.3 Å². The lowest BCUT2D eigenvalue weighted by Crippen LogP contribution is -2.27. The normalized spacial score (nSPS) is 12.5. The topological polar surface area (TPSA) is 73.9 Å². The van der Waals surface area contributed by atoms with E-state index in [1.54, 1.807) is 38.3 Å². The van der Waals surface area contributed by atoms with Crippen LogP contribution in [0.25, 0.3) is 0 Å². The molecule has 130 valence electrons. The van der Waals surface area contributed by atoms with Crippen LogP contribution in [0.4, 0.5) is 0 Å². The first kappa shape index (κ1) is 18.1. The van der Waals surface area contributed by atoms with E-state index >= 15 is 0 Å². The summed E-state index contributed by atoms with van der Waals surface area (Å²) in [6.45, 7) is 1.77. The number of sulfonamides is 1. The standard InChI is InChI=1S/C17H21NO5S/c1-12(13-5-7-14(21-2)8-6-13)18-24(19,20)17-11-15(22-3)9-10-16(17)23-4/h5-12,18H,1-4H3. The van der Waals surface area contributed by atoms with Gasteiger partial charge in [0.1, 0.15) is 22.1 Å². The number of hydrogen-bond donors (Lipinski definition) is 1. The molecule has 2 aromatic carbocycles. The molecule has 0 amide bonds. The summed E-state index contributed by atoms with van der Waals surface area (Å²) in [5.74, 6) is 1.40. The largest absolute Gasteiger partial charge is 0.497 e. The molecule has 2 rings (SSSR count). The van der Waals surface area contributed by atoms with Gasteiger partial charge in [-0.15, -0.1) is 0 Å². The number of benzene rings is 2. The molecule has 0 spiro atoms. The second-order valence-electron chi connectivity index (χ2n) is 5.13. The molecule has 0 aliphatic carbocycles. The average Bonchev–Trinajstić information content (AvgIpc) is 2.60. The van der Waals surface area contributed by atoms with E-state index in [1.807, 2.05) is 12.1 Å². The Morgan fingerprint density at radius 3 is 2.00 bits per heavy atom. The molecule has 0 radical (unpaired) electrons. The molecule has 0 bridgehead atoms. The van der Waals surface area contributed by atoms with E-state index in [2.05, 4.69) is 4.72 Å². The van der Waals surface area contributed by atoms with Gasteiger partial charge in [-0.05, 0) is 36.8 Å². The van der Waals surface area contributed by atoms with E-state index in [1.165, 1.54) is 20.3 Å². The molecule has 2 aromatic rings. The van der Waals surface area contributed by atoms with Crippen molar-refractivity contribution < 1.29 is 22.6 Å². The minimum absolute atomic E-state index is 0.0321. The first-order valence-electron chi connectivity index (χ1n) is 7.29. The van der Waals surface area contributed by atoms with E-state index in [9.17, 15) is 8.42 Å². The van der Waals surface area contributed by atoms with Crippen LogP contribution in [0.2, 0.25) is 0 Å². The Bertz CT molecular complexity index is 787. The van der Waals surface area contributed by atoms with Gasteiger partial charge in [-0.3, -0.25) is 0 Å². The second kappa shape index (κ2) is 7.55. The van der Waals surface area contributed by atoms with Gasteiger partial charge in [0, 0.05) is 12.1 Å². The van der Waals surface area contributed by atoms with Gasteiger partial charge in [-0.1, -0.05) is 12.1 Å². The highest BCUT2D eigenvalue weighted by molar-refractivity contribution is 7.89. The maximum atomic E-state index is 12.7. The summed E-state index contributed by atoms with van der Waals surface area (Å²) in [6, 6.07) is 11.4. The minimum Gasteiger partial charge on any atom is -0.497 e. The molecular formula is C17H21NO5S. The number of nitrogens with one attached hydrogen (secondary N) is 1. The van der Waals surface area contributed by atoms with Crippen LogP contribution in [-0.2, 0) is 10.0 Å². The molecule has 6 nitrogen and oxygen atoms in total. The van der Waals surface area contributed by atoms with Crippen LogP contribution < -0.4 is 18.9 Å². The third-order valence-electron chi connectivity index (χ3n) is 3.61. The number of ether oxygens (including phenoxy) is 3. The SMILES string of the molecule is COc1ccc(C(C)NS(=O)(=O)c2cc(OC)ccc2OC)cc1. The van der Waals surface area contributed by atoms with Crippen LogP contribution in [0.3, 0.4) is 0 Å². The van der Waals surface area contributed by atoms with E-state index in [4.69, 9.17) is 14.2 Å². The van der Waals surface area contributed by atoms with Crippen LogP contribution in [-0.4, -0.2) is 29.7 Å². The number of rotatable bonds is 7. The Hall–Kier alpha value is -2.25. The van der Waals surface area contributed by atoms with Gasteiger partial charge in [-0.2, -0.15) is 0 Å². The summed E-state index contributed by atoms with van der Waals surface area (Å²) >= 11 is 0. The Morgan fingerprint density at radius 1 is 0.875 bits per heavy atom. The summed E-state index contributed by atoms with van der Waals surface area (Å²) in [6.07, 6.45) is 0. The number of methoxy groups -OCH3 is 3. The highest BCUT2D eigenvalue weighted by Crippen LogP contribution is 2.29. The zero-order valence-electron chi connectivity index (χ0n) is 14.1. The lowest BCUT2D eigenvalue weighted by atomic mass is 10.1. The Labute approximate surface area is 142 Å². The lowest BCUT2D eigenvalue weighted by Gasteiger charge is -2.17. The summed E-state index contributed by atoms with van der Waals surface area (Å²) in [7, 11) is 0.697. The van der Waals surface area contributed by atoms with Crippen molar-refractivity contribution >= 4 is 10.0 Å². The van der Waals surface area contributed by atoms with Crippen molar-refractivity contribution in [1.29, 1.82) is 0 Å². The summed E-state index contributed by atoms with van der Waals surface area (Å²) in [5.41, 5.74) is 0.821. The van der Waals surface area contributed by atoms with Crippen LogP contribution >= 0.6 is 0 Å². The van der Waals surface area contributed by atoms with Crippen molar-refractivity contribution in [3.63, 3.8) is 0 Å². The van der Waals surface area contributed by atoms with Crippen LogP contribution in [0.1, 0.15) is 18.5 Å². The Kier molecular flexibility index (Phi) is 5.69. The molecule has 0 aromatic heterocycles. The molecule has 0 saturated heterocycles. The van der Waals surface area contributed by atoms with Crippen molar-refractivity contribution in [2.75, 3.05) is 21.3 Å². The molecule has 0 saturated carbocycles. The molecule has 1 N–H and O–H groups in total. The Balaban J connectivity index is 2.29. The van der Waals surface area contributed by atoms with Gasteiger partial charge in [0.2, 0.25) is 10.0 Å². The van der Waals surface area contributed by atoms with Crippen molar-refractivity contribution in [2.24, 2.45) is 0 Å². The highest BCUT2D eigenvalue weighted by atomic mass is 32.2. The fraction of sp³-hybridized carbons (Fsp3) is 0.294. The van der Waals surface area contributed by atoms with Crippen LogP contribution in [0, 0.1) is 0 Å². The minimum atomic E-state index is -3.78. The summed E-state index contributed by atoms with van der Waals surface area (Å²) in [4.78, 5) is 0.0321. The summed E-state index contributed by atoms with van der Waals surface area (Å²) < 4.78 is 43.4. The van der Waals surface area contributed by atoms with Gasteiger partial charge in [0.15, 0.2) is 0 Å². The first-order chi connectivity index (χ1) is 11.4. The van der Waals surface area contributed by atoms with E-state index in [0.29, 0.717) is 11.5 Å². The van der Waals surface area contributed by atoms with E-state index < -0.39 is 16.1 Å². The molecule has 24 heavy (non-hydrogen) atoms. The zero-order chi connectivity index (χ0) is 17.7. The molecule has 7 heteroatoms. The monoisotopic (exact) mass is 351 g/mol. The molecule has 1 unspecified atom stereocenters. The molecular weight excluding hydrogens is 330 g/mol. The molecule has 0 aliphatic rings. The Morgan fingerprint density at radius 2 is 1.46 bits per heavy atom. The van der Waals surface area contributed by atoms with E-state index in [-0.39, 0.29) is 10.6 Å². The average molecular weight is 351 g/mol. The molecule has 0 fully saturated rings. The third-order valence-corrected chi connectivity index (χ3v) is 5.17. The molecule has 0 heterocycles. The fourth-order valence-electron chi connectivity index (χ4n) is 2.25. The molecule has 0 aliphatic heterocycles. The summed E-state index contributed by atoms with van der Waals surface area (Å²) in [5, 5.41) is 0. The van der Waals surface area contributed by atoms with Crippen molar-refractivity contribution in [2.45, 2.75) is 17.9 Å². The van der Waals surface area contributed by atoms with Gasteiger partial charge in [-0.25, -0.2) is 13.1 Å². The quantitative estimate of drug-likeness (QED) is 0.830. The molecule has 1 atom stereocenters. The van der Waals surface area contributed by atoms with Gasteiger partial charge >= 0.3 is 0 Å². The van der Waals surface area contributed by atoms with Crippen molar-refractivity contribution in [3.8, 4) is 17.2 Å². The van der Waals surface area contributed by atoms with Crippen LogP contribution in [0.5, 0.6) is 17.2 Å². The van der Waals surface area contributed by atoms with E-state index in [0.717, 1.165) is 5.56 Å². The maximum Gasteiger partial charge on any atom is 0.244 e. The third kappa shape index (κ3) is 3.98. The number of hydrogen-bond acceptors (Lipinski definition) is 5. The highest BCUT2D eigenvalue weighted by Gasteiger charge is 2.23. The predicted molar refractivity (Wildman–Crippen MR) is 91.3 cm³/mol. The van der Waals surface area contributed by atoms with Gasteiger partial charge in [0.25, 0.3) is 0 Å². The maximum absolute atomic E-state index is 12.7. The van der Waals surface area contributed by atoms with Crippen LogP contribution in [0.15, 0.2) is 47.4 Å². The fourth-order valence-corrected chi connectivity index (χ4v) is 3.67. The zero-order valence-corrected chi connectivity index (χ0v) is 14.9. The van der Waals surface area contributed by atoms with Crippen molar-refractivity contribution in [3.05, 3.63) is 48.0 Å². The second-order valence-corrected chi connectivity index (χ2v) is 6.82. The smallest absolute Gasteiger partial charge is 0.244 e.